The van der Waals surface area contributed by atoms with Crippen molar-refractivity contribution in [2.24, 2.45) is 5.73 Å². The smallest absolute Gasteiger partial charge is 0.252 e. The van der Waals surface area contributed by atoms with Crippen LogP contribution in [-0.2, 0) is 6.54 Å². The van der Waals surface area contributed by atoms with Gasteiger partial charge in [0.2, 0.25) is 0 Å². The van der Waals surface area contributed by atoms with Crippen molar-refractivity contribution in [1.82, 2.24) is 25.9 Å². The second-order valence-electron chi connectivity index (χ2n) is 4.07. The molecular weight excluding hydrogens is 256 g/mol. The molecule has 1 aromatic carbocycles. The molecule has 0 fully saturated rings. The van der Waals surface area contributed by atoms with Crippen LogP contribution in [-0.4, -0.2) is 33.1 Å². The van der Waals surface area contributed by atoms with E-state index in [1.54, 1.807) is 12.1 Å². The molecule has 7 heteroatoms. The molecule has 20 heavy (non-hydrogen) atoms. The topological polar surface area (TPSA) is 110 Å². The summed E-state index contributed by atoms with van der Waals surface area (Å²) in [5.41, 5.74) is 7.49. The van der Waals surface area contributed by atoms with Crippen molar-refractivity contribution in [1.29, 1.82) is 0 Å². The van der Waals surface area contributed by atoms with Gasteiger partial charge in [0.25, 0.3) is 5.91 Å². The van der Waals surface area contributed by atoms with Crippen LogP contribution in [0.1, 0.15) is 27.3 Å². The number of nitrogens with two attached hydrogens (primary N) is 1. The van der Waals surface area contributed by atoms with Crippen LogP contribution in [0.25, 0.3) is 0 Å². The Labute approximate surface area is 116 Å². The van der Waals surface area contributed by atoms with E-state index in [0.717, 1.165) is 5.56 Å². The third-order valence-corrected chi connectivity index (χ3v) is 2.54. The first kappa shape index (κ1) is 13.7. The van der Waals surface area contributed by atoms with Crippen molar-refractivity contribution < 1.29 is 4.79 Å². The Morgan fingerprint density at radius 1 is 1.50 bits per heavy atom. The number of carbonyl (C=O) groups excluding carboxylic acids is 1. The lowest BCUT2D eigenvalue weighted by Crippen LogP contribution is -2.24. The number of tetrazole rings is 1. The maximum absolute atomic E-state index is 12.2. The van der Waals surface area contributed by atoms with Crippen molar-refractivity contribution in [3.63, 3.8) is 0 Å². The fourth-order valence-corrected chi connectivity index (χ4v) is 1.61. The van der Waals surface area contributed by atoms with Gasteiger partial charge in [-0.2, -0.15) is 5.21 Å². The van der Waals surface area contributed by atoms with Crippen molar-refractivity contribution in [2.75, 3.05) is 6.54 Å². The van der Waals surface area contributed by atoms with E-state index < -0.39 is 0 Å². The largest absolute Gasteiger partial charge is 0.345 e. The normalized spacial score (nSPS) is 9.70. The van der Waals surface area contributed by atoms with Gasteiger partial charge in [-0.25, -0.2) is 0 Å². The summed E-state index contributed by atoms with van der Waals surface area (Å²) in [5.74, 6) is 5.82. The van der Waals surface area contributed by atoms with Crippen LogP contribution < -0.4 is 11.1 Å². The molecule has 0 aliphatic heterocycles. The van der Waals surface area contributed by atoms with Crippen molar-refractivity contribution in [3.05, 3.63) is 40.7 Å². The van der Waals surface area contributed by atoms with Crippen molar-refractivity contribution in [2.45, 2.75) is 13.5 Å². The summed E-state index contributed by atoms with van der Waals surface area (Å²) in [6, 6.07) is 5.49. The Bertz CT molecular complexity index is 653. The Morgan fingerprint density at radius 3 is 3.05 bits per heavy atom. The third kappa shape index (κ3) is 3.40. The minimum absolute atomic E-state index is 0.201. The zero-order chi connectivity index (χ0) is 14.4. The molecule has 0 atom stereocenters. The lowest BCUT2D eigenvalue weighted by Gasteiger charge is -2.06. The summed E-state index contributed by atoms with van der Waals surface area (Å²) in [6.45, 7) is 2.36. The lowest BCUT2D eigenvalue weighted by atomic mass is 10.0. The third-order valence-electron chi connectivity index (χ3n) is 2.54. The van der Waals surface area contributed by atoms with Crippen LogP contribution in [0.15, 0.2) is 18.2 Å². The molecule has 0 spiro atoms. The molecule has 4 N–H and O–H groups in total. The van der Waals surface area contributed by atoms with E-state index in [9.17, 15) is 4.79 Å². The summed E-state index contributed by atoms with van der Waals surface area (Å²) >= 11 is 0. The van der Waals surface area contributed by atoms with Crippen LogP contribution in [0, 0.1) is 18.8 Å². The van der Waals surface area contributed by atoms with Gasteiger partial charge >= 0.3 is 0 Å². The molecule has 1 aromatic heterocycles. The quantitative estimate of drug-likeness (QED) is 0.666. The molecule has 0 unspecified atom stereocenters. The number of aromatic amines is 1. The number of H-pyrrole nitrogens is 1. The average Bonchev–Trinajstić information content (AvgIpc) is 2.96. The molecule has 0 bridgehead atoms. The number of rotatable bonds is 3. The summed E-state index contributed by atoms with van der Waals surface area (Å²) in [4.78, 5) is 12.2. The first-order valence-corrected chi connectivity index (χ1v) is 6.01. The minimum atomic E-state index is -0.236. The predicted molar refractivity (Wildman–Crippen MR) is 72.5 cm³/mol. The fraction of sp³-hybridized carbons (Fsp3) is 0.231. The molecule has 1 heterocycles. The van der Waals surface area contributed by atoms with E-state index in [2.05, 4.69) is 37.8 Å². The van der Waals surface area contributed by atoms with E-state index in [-0.39, 0.29) is 19.0 Å². The van der Waals surface area contributed by atoms with Crippen LogP contribution in [0.3, 0.4) is 0 Å². The summed E-state index contributed by atoms with van der Waals surface area (Å²) in [5, 5.41) is 16.0. The highest BCUT2D eigenvalue weighted by Gasteiger charge is 2.11. The molecule has 1 amide bonds. The van der Waals surface area contributed by atoms with Gasteiger partial charge in [0.05, 0.1) is 18.7 Å². The summed E-state index contributed by atoms with van der Waals surface area (Å²) < 4.78 is 0. The van der Waals surface area contributed by atoms with Gasteiger partial charge in [0.1, 0.15) is 0 Å². The Balaban J connectivity index is 2.17. The van der Waals surface area contributed by atoms with Gasteiger partial charge in [-0.3, -0.25) is 4.79 Å². The van der Waals surface area contributed by atoms with Crippen LogP contribution in [0.2, 0.25) is 0 Å². The van der Waals surface area contributed by atoms with E-state index in [1.165, 1.54) is 0 Å². The molecule has 2 aromatic rings. The highest BCUT2D eigenvalue weighted by atomic mass is 16.1. The molecule has 0 aliphatic carbocycles. The zero-order valence-electron chi connectivity index (χ0n) is 11.0. The second kappa shape index (κ2) is 6.45. The summed E-state index contributed by atoms with van der Waals surface area (Å²) in [7, 11) is 0. The monoisotopic (exact) mass is 270 g/mol. The van der Waals surface area contributed by atoms with Gasteiger partial charge in [0, 0.05) is 5.56 Å². The van der Waals surface area contributed by atoms with Crippen molar-refractivity contribution in [3.8, 4) is 11.8 Å². The van der Waals surface area contributed by atoms with E-state index in [1.807, 2.05) is 13.0 Å². The van der Waals surface area contributed by atoms with E-state index in [0.29, 0.717) is 17.0 Å². The zero-order valence-corrected chi connectivity index (χ0v) is 11.0. The molecule has 7 nitrogen and oxygen atoms in total. The van der Waals surface area contributed by atoms with E-state index >= 15 is 0 Å². The first-order chi connectivity index (χ1) is 9.70. The average molecular weight is 270 g/mol. The predicted octanol–water partition coefficient (Wildman–Crippen LogP) is -0.252. The minimum Gasteiger partial charge on any atom is -0.345 e. The Hall–Kier alpha value is -2.72. The standard InChI is InChI=1S/C13H14N6O/c1-9-4-5-10(3-2-6-14)11(7-9)13(20)15-8-12-16-18-19-17-12/h4-5,7H,6,8,14H2,1H3,(H,15,20)(H,16,17,18,19). The second-order valence-corrected chi connectivity index (χ2v) is 4.07. The highest BCUT2D eigenvalue weighted by Crippen LogP contribution is 2.11. The Kier molecular flexibility index (Phi) is 4.42. The number of aryl methyl sites for hydroxylation is 1. The SMILES string of the molecule is Cc1ccc(C#CCN)c(C(=O)NCc2nn[nH]n2)c1. The maximum Gasteiger partial charge on any atom is 0.252 e. The number of hydrogen-bond donors (Lipinski definition) is 3. The van der Waals surface area contributed by atoms with E-state index in [4.69, 9.17) is 5.73 Å². The highest BCUT2D eigenvalue weighted by molar-refractivity contribution is 5.96. The van der Waals surface area contributed by atoms with Gasteiger partial charge < -0.3 is 11.1 Å². The first-order valence-electron chi connectivity index (χ1n) is 6.01. The molecule has 0 radical (unpaired) electrons. The lowest BCUT2D eigenvalue weighted by molar-refractivity contribution is 0.0949. The number of benzene rings is 1. The van der Waals surface area contributed by atoms with Gasteiger partial charge in [-0.05, 0) is 19.1 Å². The van der Waals surface area contributed by atoms with Crippen molar-refractivity contribution >= 4 is 5.91 Å². The number of hydrogen-bond acceptors (Lipinski definition) is 5. The number of carbonyl (C=O) groups is 1. The molecule has 0 saturated carbocycles. The molecular formula is C13H14N6O. The molecule has 0 saturated heterocycles. The maximum atomic E-state index is 12.2. The van der Waals surface area contributed by atoms with Gasteiger partial charge in [-0.15, -0.1) is 10.2 Å². The summed E-state index contributed by atoms with van der Waals surface area (Å²) in [6.07, 6.45) is 0. The fourth-order valence-electron chi connectivity index (χ4n) is 1.61. The van der Waals surface area contributed by atoms with Gasteiger partial charge in [0.15, 0.2) is 5.82 Å². The van der Waals surface area contributed by atoms with Crippen LogP contribution in [0.4, 0.5) is 0 Å². The molecule has 0 aliphatic rings. The Morgan fingerprint density at radius 2 is 2.35 bits per heavy atom. The van der Waals surface area contributed by atoms with Crippen LogP contribution in [0.5, 0.6) is 0 Å². The number of nitrogens with one attached hydrogen (secondary N) is 2. The number of amides is 1. The number of nitrogens with zero attached hydrogens (tertiary/aromatic N) is 3. The van der Waals surface area contributed by atoms with Gasteiger partial charge in [-0.1, -0.05) is 28.7 Å². The van der Waals surface area contributed by atoms with Crippen LogP contribution >= 0.6 is 0 Å². The number of aromatic nitrogens is 4. The molecule has 2 rings (SSSR count). The molecule has 102 valence electrons.